The van der Waals surface area contributed by atoms with Crippen LogP contribution in [0.5, 0.6) is 0 Å². The van der Waals surface area contributed by atoms with Gasteiger partial charge in [0.05, 0.1) is 5.75 Å². The Bertz CT molecular complexity index is 1110. The number of carbonyl (C=O) groups excluding carboxylic acids is 2. The molecule has 1 atom stereocenters. The number of carbonyl (C=O) groups is 2. The van der Waals surface area contributed by atoms with E-state index in [9.17, 15) is 9.59 Å². The number of amides is 2. The molecule has 0 spiro atoms. The van der Waals surface area contributed by atoms with E-state index in [0.717, 1.165) is 39.8 Å². The second-order valence-corrected chi connectivity index (χ2v) is 11.0. The predicted octanol–water partition coefficient (Wildman–Crippen LogP) is 6.89. The van der Waals surface area contributed by atoms with Gasteiger partial charge in [-0.3, -0.25) is 9.59 Å². The first-order chi connectivity index (χ1) is 17.5. The van der Waals surface area contributed by atoms with Gasteiger partial charge in [0.2, 0.25) is 11.8 Å². The highest BCUT2D eigenvalue weighted by Gasteiger charge is 2.30. The zero-order valence-corrected chi connectivity index (χ0v) is 23.6. The average molecular weight is 588 g/mol. The van der Waals surface area contributed by atoms with Crippen molar-refractivity contribution < 1.29 is 9.59 Å². The summed E-state index contributed by atoms with van der Waals surface area (Å²) in [5.41, 5.74) is 3.06. The van der Waals surface area contributed by atoms with Crippen LogP contribution in [0.2, 0.25) is 5.02 Å². The molecule has 2 amide bonds. The van der Waals surface area contributed by atoms with Gasteiger partial charge in [-0.05, 0) is 47.4 Å². The van der Waals surface area contributed by atoms with E-state index in [2.05, 4.69) is 28.2 Å². The summed E-state index contributed by atoms with van der Waals surface area (Å²) in [5, 5.41) is 3.66. The molecule has 0 aliphatic rings. The van der Waals surface area contributed by atoms with E-state index in [-0.39, 0.29) is 17.6 Å². The van der Waals surface area contributed by atoms with Gasteiger partial charge < -0.3 is 10.2 Å². The third-order valence-electron chi connectivity index (χ3n) is 5.75. The molecule has 1 N–H and O–H groups in total. The molecule has 3 rings (SSSR count). The normalized spacial score (nSPS) is 11.6. The first kappa shape index (κ1) is 28.3. The van der Waals surface area contributed by atoms with Crippen molar-refractivity contribution in [3.8, 4) is 0 Å². The number of nitrogens with one attached hydrogen (secondary N) is 1. The first-order valence-corrected chi connectivity index (χ1v) is 14.5. The molecule has 0 saturated heterocycles. The Balaban J connectivity index is 1.82. The van der Waals surface area contributed by atoms with E-state index in [1.807, 2.05) is 78.9 Å². The Kier molecular flexibility index (Phi) is 11.9. The van der Waals surface area contributed by atoms with Crippen LogP contribution in [0.25, 0.3) is 0 Å². The molecular weight excluding hydrogens is 556 g/mol. The van der Waals surface area contributed by atoms with Crippen LogP contribution in [0.15, 0.2) is 83.3 Å². The smallest absolute Gasteiger partial charge is 0.243 e. The molecule has 3 aromatic rings. The molecule has 0 bridgehead atoms. The third kappa shape index (κ3) is 9.30. The van der Waals surface area contributed by atoms with Crippen LogP contribution in [0.4, 0.5) is 0 Å². The number of rotatable bonds is 13. The lowest BCUT2D eigenvalue weighted by molar-refractivity contribution is -0.139. The largest absolute Gasteiger partial charge is 0.354 e. The molecule has 4 nitrogen and oxygen atoms in total. The summed E-state index contributed by atoms with van der Waals surface area (Å²) < 4.78 is 1.03. The standard InChI is InChI=1S/C29H32BrClN2O2S/c1-2-3-16-32-29(35)27(18-22-8-5-4-6-9-22)33(19-24-10-7-11-26(31)17-24)28(34)21-36-20-23-12-14-25(30)15-13-23/h4-15,17,27H,2-3,16,18-21H2,1H3,(H,32,35)/t27-/m0/s1. The lowest BCUT2D eigenvalue weighted by Gasteiger charge is -2.31. The minimum atomic E-state index is -0.621. The number of halogens is 2. The zero-order chi connectivity index (χ0) is 25.8. The van der Waals surface area contributed by atoms with Crippen molar-refractivity contribution in [3.63, 3.8) is 0 Å². The van der Waals surface area contributed by atoms with Crippen LogP contribution in [0.1, 0.15) is 36.5 Å². The van der Waals surface area contributed by atoms with Gasteiger partial charge in [0.1, 0.15) is 6.04 Å². The van der Waals surface area contributed by atoms with Crippen LogP contribution in [0, 0.1) is 0 Å². The van der Waals surface area contributed by atoms with E-state index in [0.29, 0.717) is 24.5 Å². The van der Waals surface area contributed by atoms with Crippen molar-refractivity contribution in [2.24, 2.45) is 0 Å². The van der Waals surface area contributed by atoms with Crippen molar-refractivity contribution in [1.29, 1.82) is 0 Å². The van der Waals surface area contributed by atoms with Crippen LogP contribution in [-0.2, 0) is 28.3 Å². The molecule has 0 aliphatic heterocycles. The summed E-state index contributed by atoms with van der Waals surface area (Å²) in [6.07, 6.45) is 2.33. The highest BCUT2D eigenvalue weighted by molar-refractivity contribution is 9.10. The van der Waals surface area contributed by atoms with Gasteiger partial charge >= 0.3 is 0 Å². The molecule has 190 valence electrons. The number of benzene rings is 3. The summed E-state index contributed by atoms with van der Waals surface area (Å²) in [4.78, 5) is 28.8. The van der Waals surface area contributed by atoms with Crippen LogP contribution in [0.3, 0.4) is 0 Å². The summed E-state index contributed by atoms with van der Waals surface area (Å²) in [6.45, 7) is 3.00. The Morgan fingerprint density at radius 1 is 0.972 bits per heavy atom. The van der Waals surface area contributed by atoms with Crippen molar-refractivity contribution in [2.75, 3.05) is 12.3 Å². The molecule has 0 aliphatic carbocycles. The van der Waals surface area contributed by atoms with Crippen LogP contribution >= 0.6 is 39.3 Å². The lowest BCUT2D eigenvalue weighted by atomic mass is 10.0. The Morgan fingerprint density at radius 2 is 1.69 bits per heavy atom. The minimum Gasteiger partial charge on any atom is -0.354 e. The Hall–Kier alpha value is -2.28. The Labute approximate surface area is 231 Å². The predicted molar refractivity (Wildman–Crippen MR) is 154 cm³/mol. The topological polar surface area (TPSA) is 49.4 Å². The van der Waals surface area contributed by atoms with Gasteiger partial charge in [-0.2, -0.15) is 0 Å². The summed E-state index contributed by atoms with van der Waals surface area (Å²) in [6, 6.07) is 24.8. The highest BCUT2D eigenvalue weighted by Crippen LogP contribution is 2.21. The summed E-state index contributed by atoms with van der Waals surface area (Å²) in [7, 11) is 0. The fourth-order valence-electron chi connectivity index (χ4n) is 3.81. The van der Waals surface area contributed by atoms with E-state index >= 15 is 0 Å². The second kappa shape index (κ2) is 15.1. The molecule has 0 fully saturated rings. The van der Waals surface area contributed by atoms with Crippen molar-refractivity contribution >= 4 is 51.1 Å². The quantitative estimate of drug-likeness (QED) is 0.222. The van der Waals surface area contributed by atoms with Gasteiger partial charge in [0.15, 0.2) is 0 Å². The fourth-order valence-corrected chi connectivity index (χ4v) is 5.16. The van der Waals surface area contributed by atoms with Gasteiger partial charge in [0, 0.05) is 34.8 Å². The molecule has 3 aromatic carbocycles. The molecular formula is C29H32BrClN2O2S. The SMILES string of the molecule is CCCCNC(=O)[C@H](Cc1ccccc1)N(Cc1cccc(Cl)c1)C(=O)CSCc1ccc(Br)cc1. The van der Waals surface area contributed by atoms with Crippen molar-refractivity contribution in [3.05, 3.63) is 105 Å². The lowest BCUT2D eigenvalue weighted by Crippen LogP contribution is -2.51. The molecule has 0 saturated carbocycles. The summed E-state index contributed by atoms with van der Waals surface area (Å²) >= 11 is 11.2. The van der Waals surface area contributed by atoms with E-state index in [1.165, 1.54) is 0 Å². The monoisotopic (exact) mass is 586 g/mol. The number of nitrogens with zero attached hydrogens (tertiary/aromatic N) is 1. The zero-order valence-electron chi connectivity index (χ0n) is 20.5. The van der Waals surface area contributed by atoms with Gasteiger partial charge in [-0.15, -0.1) is 11.8 Å². The van der Waals surface area contributed by atoms with Gasteiger partial charge in [-0.25, -0.2) is 0 Å². The van der Waals surface area contributed by atoms with E-state index < -0.39 is 6.04 Å². The fraction of sp³-hybridized carbons (Fsp3) is 0.310. The molecule has 0 aromatic heterocycles. The average Bonchev–Trinajstić information content (AvgIpc) is 2.88. The second-order valence-electron chi connectivity index (χ2n) is 8.62. The first-order valence-electron chi connectivity index (χ1n) is 12.1. The molecule has 36 heavy (non-hydrogen) atoms. The number of unbranched alkanes of at least 4 members (excludes halogenated alkanes) is 1. The molecule has 7 heteroatoms. The number of hydrogen-bond donors (Lipinski definition) is 1. The minimum absolute atomic E-state index is 0.0661. The van der Waals surface area contributed by atoms with Crippen LogP contribution < -0.4 is 5.32 Å². The molecule has 0 radical (unpaired) electrons. The maximum absolute atomic E-state index is 13.6. The molecule has 0 unspecified atom stereocenters. The maximum Gasteiger partial charge on any atom is 0.243 e. The third-order valence-corrected chi connectivity index (χ3v) is 7.50. The Morgan fingerprint density at radius 3 is 2.39 bits per heavy atom. The van der Waals surface area contributed by atoms with Gasteiger partial charge in [0.25, 0.3) is 0 Å². The number of hydrogen-bond acceptors (Lipinski definition) is 3. The van der Waals surface area contributed by atoms with E-state index in [4.69, 9.17) is 11.6 Å². The summed E-state index contributed by atoms with van der Waals surface area (Å²) in [5.74, 6) is 0.810. The number of thioether (sulfide) groups is 1. The molecule has 0 heterocycles. The van der Waals surface area contributed by atoms with Crippen molar-refractivity contribution in [1.82, 2.24) is 10.2 Å². The maximum atomic E-state index is 13.6. The van der Waals surface area contributed by atoms with Crippen molar-refractivity contribution in [2.45, 2.75) is 44.5 Å². The van der Waals surface area contributed by atoms with Crippen LogP contribution in [-0.4, -0.2) is 35.1 Å². The van der Waals surface area contributed by atoms with Gasteiger partial charge in [-0.1, -0.05) is 95.5 Å². The van der Waals surface area contributed by atoms with E-state index in [1.54, 1.807) is 16.7 Å². The highest BCUT2D eigenvalue weighted by atomic mass is 79.9.